The molecule has 6 rings (SSSR count). The smallest absolute Gasteiger partial charge is 0.214 e. The Balaban J connectivity index is 1.46. The maximum Gasteiger partial charge on any atom is 0.214 e. The highest BCUT2D eigenvalue weighted by atomic mass is 32.2. The third-order valence-corrected chi connectivity index (χ3v) is 11.2. The fourth-order valence-electron chi connectivity index (χ4n) is 5.13. The first-order chi connectivity index (χ1) is 23.1. The zero-order valence-corrected chi connectivity index (χ0v) is 27.9. The number of fused-ring (bicyclic) bond motifs is 2. The molecule has 0 radical (unpaired) electrons. The first-order valence-electron chi connectivity index (χ1n) is 15.2. The van der Waals surface area contributed by atoms with Crippen LogP contribution in [0.3, 0.4) is 0 Å². The van der Waals surface area contributed by atoms with E-state index in [0.717, 1.165) is 32.7 Å². The van der Waals surface area contributed by atoms with Crippen LogP contribution in [0.15, 0.2) is 153 Å². The second-order valence-electron chi connectivity index (χ2n) is 11.4. The molecule has 0 heterocycles. The molecule has 234 valence electrons. The van der Waals surface area contributed by atoms with Crippen molar-refractivity contribution in [2.75, 3.05) is 0 Å². The summed E-state index contributed by atoms with van der Waals surface area (Å²) in [7, 11) is -8.06. The molecular weight excluding hydrogens is 633 g/mol. The number of aryl methyl sites for hydroxylation is 2. The lowest BCUT2D eigenvalue weighted by atomic mass is 10.1. The number of hydrogen-bond acceptors (Lipinski definition) is 4. The summed E-state index contributed by atoms with van der Waals surface area (Å²) in [6, 6.07) is 40.0. The first-order valence-corrected chi connectivity index (χ1v) is 18.1. The van der Waals surface area contributed by atoms with E-state index in [1.54, 1.807) is 48.5 Å². The Kier molecular flexibility index (Phi) is 9.15. The topological polar surface area (TPSA) is 68.3 Å². The van der Waals surface area contributed by atoms with Gasteiger partial charge in [0.1, 0.15) is 9.81 Å². The molecule has 0 saturated heterocycles. The lowest BCUT2D eigenvalue weighted by molar-refractivity contribution is 0.601. The van der Waals surface area contributed by atoms with Crippen LogP contribution in [0, 0.1) is 37.5 Å². The fourth-order valence-corrected chi connectivity index (χ4v) is 7.58. The Hall–Kier alpha value is -5.66. The molecule has 0 aromatic heterocycles. The fraction of sp³-hybridized carbons (Fsp3) is 0.0476. The Morgan fingerprint density at radius 1 is 0.458 bits per heavy atom. The molecule has 0 saturated carbocycles. The first kappa shape index (κ1) is 32.3. The van der Waals surface area contributed by atoms with E-state index in [0.29, 0.717) is 11.1 Å². The molecule has 0 spiro atoms. The van der Waals surface area contributed by atoms with Crippen LogP contribution in [0.25, 0.3) is 33.7 Å². The van der Waals surface area contributed by atoms with Crippen molar-refractivity contribution in [2.45, 2.75) is 23.6 Å². The van der Waals surface area contributed by atoms with E-state index in [9.17, 15) is 16.8 Å². The molecule has 48 heavy (non-hydrogen) atoms. The van der Waals surface area contributed by atoms with Gasteiger partial charge in [-0.15, -0.1) is 0 Å². The Labute approximate surface area is 281 Å². The van der Waals surface area contributed by atoms with Crippen LogP contribution in [0.5, 0.6) is 0 Å². The largest absolute Gasteiger partial charge is 0.218 e. The summed E-state index contributed by atoms with van der Waals surface area (Å²) >= 11 is 0. The van der Waals surface area contributed by atoms with Gasteiger partial charge in [0, 0.05) is 0 Å². The van der Waals surface area contributed by atoms with Gasteiger partial charge in [-0.1, -0.05) is 108 Å². The van der Waals surface area contributed by atoms with E-state index >= 15 is 0 Å². The maximum absolute atomic E-state index is 13.8. The van der Waals surface area contributed by atoms with Crippen LogP contribution in [0.1, 0.15) is 22.3 Å². The van der Waals surface area contributed by atoms with Gasteiger partial charge in [0.2, 0.25) is 19.7 Å². The molecule has 0 amide bonds. The molecule has 0 aliphatic carbocycles. The molecule has 0 atom stereocenters. The van der Waals surface area contributed by atoms with E-state index in [-0.39, 0.29) is 19.6 Å². The number of rotatable bonds is 6. The van der Waals surface area contributed by atoms with Gasteiger partial charge in [-0.3, -0.25) is 0 Å². The van der Waals surface area contributed by atoms with Gasteiger partial charge in [0.15, 0.2) is 0 Å². The minimum Gasteiger partial charge on any atom is -0.218 e. The lowest BCUT2D eigenvalue weighted by Gasteiger charge is -2.06. The summed E-state index contributed by atoms with van der Waals surface area (Å²) in [4.78, 5) is -0.114. The maximum atomic E-state index is 13.8. The SMILES string of the molecule is Cc1ccc(S(=O)(=O)/C(C#CC#C/C(=C\c2ccc3ccccc3c2)S(=O)(=O)c2ccc(C)cc2)=C\c2ccc3ccccc3c2)cc1. The summed E-state index contributed by atoms with van der Waals surface area (Å²) in [5.41, 5.74) is 3.15. The number of sulfone groups is 2. The molecule has 4 nitrogen and oxygen atoms in total. The van der Waals surface area contributed by atoms with Gasteiger partial charge in [0.25, 0.3) is 0 Å². The van der Waals surface area contributed by atoms with Crippen molar-refractivity contribution in [3.8, 4) is 23.7 Å². The van der Waals surface area contributed by atoms with Gasteiger partial charge in [-0.25, -0.2) is 16.8 Å². The highest BCUT2D eigenvalue weighted by molar-refractivity contribution is 7.96. The molecule has 6 heteroatoms. The third kappa shape index (κ3) is 7.17. The minimum atomic E-state index is -4.03. The van der Waals surface area contributed by atoms with Crippen LogP contribution in [-0.2, 0) is 19.7 Å². The zero-order valence-electron chi connectivity index (χ0n) is 26.3. The van der Waals surface area contributed by atoms with Crippen LogP contribution in [0.2, 0.25) is 0 Å². The summed E-state index contributed by atoms with van der Waals surface area (Å²) in [6.45, 7) is 3.76. The van der Waals surface area contributed by atoms with Gasteiger partial charge >= 0.3 is 0 Å². The van der Waals surface area contributed by atoms with Gasteiger partial charge in [-0.2, -0.15) is 0 Å². The average molecular weight is 663 g/mol. The molecule has 0 bridgehead atoms. The molecule has 6 aromatic rings. The normalized spacial score (nSPS) is 12.2. The number of benzene rings is 6. The van der Waals surface area contributed by atoms with Crippen molar-refractivity contribution in [3.05, 3.63) is 166 Å². The molecule has 0 unspecified atom stereocenters. The van der Waals surface area contributed by atoms with Crippen LogP contribution < -0.4 is 0 Å². The minimum absolute atomic E-state index is 0.0984. The zero-order chi connectivity index (χ0) is 33.7. The molecule has 6 aromatic carbocycles. The van der Waals surface area contributed by atoms with Crippen LogP contribution in [-0.4, -0.2) is 16.8 Å². The Bertz CT molecular complexity index is 2400. The van der Waals surface area contributed by atoms with Gasteiger partial charge < -0.3 is 0 Å². The van der Waals surface area contributed by atoms with Crippen molar-refractivity contribution in [1.29, 1.82) is 0 Å². The summed E-state index contributed by atoms with van der Waals surface area (Å²) < 4.78 is 55.3. The van der Waals surface area contributed by atoms with Crippen molar-refractivity contribution >= 4 is 53.4 Å². The van der Waals surface area contributed by atoms with E-state index in [1.807, 2.05) is 98.8 Å². The monoisotopic (exact) mass is 662 g/mol. The second-order valence-corrected chi connectivity index (χ2v) is 15.2. The van der Waals surface area contributed by atoms with Gasteiger partial charge in [0.05, 0.1) is 9.79 Å². The second kappa shape index (κ2) is 13.6. The molecular formula is C42H30O4S2. The average Bonchev–Trinajstić information content (AvgIpc) is 3.09. The van der Waals surface area contributed by atoms with Crippen molar-refractivity contribution in [2.24, 2.45) is 0 Å². The van der Waals surface area contributed by atoms with Gasteiger partial charge in [-0.05, 0) is 119 Å². The van der Waals surface area contributed by atoms with E-state index in [1.165, 1.54) is 12.2 Å². The molecule has 0 N–H and O–H groups in total. The lowest BCUT2D eigenvalue weighted by Crippen LogP contribution is -2.04. The van der Waals surface area contributed by atoms with E-state index in [4.69, 9.17) is 0 Å². The Morgan fingerprint density at radius 2 is 0.812 bits per heavy atom. The highest BCUT2D eigenvalue weighted by Gasteiger charge is 2.21. The van der Waals surface area contributed by atoms with Crippen LogP contribution in [0.4, 0.5) is 0 Å². The standard InChI is InChI=1S/C42H30O4S2/c1-31-15-23-39(24-16-31)47(43,44)41(29-33-19-21-35-9-3-5-11-37(35)27-33)13-7-8-14-42(48(45,46)40-25-17-32(2)18-26-40)30-34-20-22-36-10-4-6-12-38(36)28-34/h3-6,9-12,15-30H,1-2H3/b41-29-,42-30+. The van der Waals surface area contributed by atoms with Crippen LogP contribution >= 0.6 is 0 Å². The van der Waals surface area contributed by atoms with Crippen molar-refractivity contribution in [3.63, 3.8) is 0 Å². The third-order valence-electron chi connectivity index (χ3n) is 7.82. The van der Waals surface area contributed by atoms with E-state index in [2.05, 4.69) is 23.7 Å². The molecule has 0 aliphatic heterocycles. The summed E-state index contributed by atoms with van der Waals surface area (Å²) in [6.07, 6.45) is 3.04. The van der Waals surface area contributed by atoms with Crippen molar-refractivity contribution in [1.82, 2.24) is 0 Å². The predicted molar refractivity (Wildman–Crippen MR) is 196 cm³/mol. The molecule has 0 aliphatic rings. The quantitative estimate of drug-likeness (QED) is 0.167. The summed E-state index contributed by atoms with van der Waals surface area (Å²) in [5, 5.41) is 3.96. The van der Waals surface area contributed by atoms with E-state index < -0.39 is 19.7 Å². The summed E-state index contributed by atoms with van der Waals surface area (Å²) in [5.74, 6) is 10.8. The Morgan fingerprint density at radius 3 is 1.19 bits per heavy atom. The highest BCUT2D eigenvalue weighted by Crippen LogP contribution is 2.25. The van der Waals surface area contributed by atoms with Crippen molar-refractivity contribution < 1.29 is 16.8 Å². The molecule has 0 fully saturated rings. The predicted octanol–water partition coefficient (Wildman–Crippen LogP) is 8.95. The number of hydrogen-bond donors (Lipinski definition) is 0. The number of allylic oxidation sites excluding steroid dienone is 2.